The molecular weight excluding hydrogens is 360 g/mol. The smallest absolute Gasteiger partial charge is 0.271 e. The first kappa shape index (κ1) is 19.7. The van der Waals surface area contributed by atoms with Gasteiger partial charge in [-0.2, -0.15) is 0 Å². The number of hydrogen-bond acceptors (Lipinski definition) is 7. The summed E-state index contributed by atoms with van der Waals surface area (Å²) in [6.07, 6.45) is 0.763. The minimum atomic E-state index is -0.595. The number of thioether (sulfide) groups is 1. The number of nitro benzene ring substituents is 1. The van der Waals surface area contributed by atoms with Crippen LogP contribution in [-0.2, 0) is 9.59 Å². The average molecular weight is 380 g/mol. The van der Waals surface area contributed by atoms with Crippen LogP contribution in [0.3, 0.4) is 0 Å². The van der Waals surface area contributed by atoms with Crippen molar-refractivity contribution in [2.24, 2.45) is 4.99 Å². The predicted molar refractivity (Wildman–Crippen MR) is 99.6 cm³/mol. The van der Waals surface area contributed by atoms with E-state index in [0.717, 1.165) is 6.42 Å². The first-order valence-electron chi connectivity index (χ1n) is 8.01. The van der Waals surface area contributed by atoms with Gasteiger partial charge < -0.3 is 15.4 Å². The number of carbonyl (C=O) groups is 2. The number of nitrogens with zero attached hydrogens (tertiary/aromatic N) is 2. The third kappa shape index (κ3) is 4.94. The van der Waals surface area contributed by atoms with Crippen molar-refractivity contribution < 1.29 is 19.2 Å². The van der Waals surface area contributed by atoms with Crippen molar-refractivity contribution in [1.82, 2.24) is 5.32 Å². The van der Waals surface area contributed by atoms with E-state index >= 15 is 0 Å². The molecule has 0 aromatic heterocycles. The van der Waals surface area contributed by atoms with Gasteiger partial charge in [0.15, 0.2) is 5.17 Å². The van der Waals surface area contributed by atoms with Crippen LogP contribution in [0.2, 0.25) is 0 Å². The summed E-state index contributed by atoms with van der Waals surface area (Å²) in [4.78, 5) is 39.0. The molecule has 9 nitrogen and oxygen atoms in total. The number of nitro groups is 1. The van der Waals surface area contributed by atoms with Crippen LogP contribution in [0.15, 0.2) is 23.2 Å². The molecule has 0 unspecified atom stereocenters. The van der Waals surface area contributed by atoms with Gasteiger partial charge in [0, 0.05) is 24.6 Å². The molecule has 26 heavy (non-hydrogen) atoms. The monoisotopic (exact) mass is 380 g/mol. The summed E-state index contributed by atoms with van der Waals surface area (Å²) < 4.78 is 5.10. The highest BCUT2D eigenvalue weighted by Crippen LogP contribution is 2.30. The number of amides is 2. The minimum absolute atomic E-state index is 0.0815. The number of rotatable bonds is 7. The zero-order valence-corrected chi connectivity index (χ0v) is 15.5. The van der Waals surface area contributed by atoms with Crippen molar-refractivity contribution in [3.05, 3.63) is 28.3 Å². The Kier molecular flexibility index (Phi) is 6.56. The van der Waals surface area contributed by atoms with E-state index in [2.05, 4.69) is 15.6 Å². The average Bonchev–Trinajstić information content (AvgIpc) is 2.93. The van der Waals surface area contributed by atoms with Crippen LogP contribution in [0.25, 0.3) is 0 Å². The van der Waals surface area contributed by atoms with E-state index < -0.39 is 16.1 Å². The summed E-state index contributed by atoms with van der Waals surface area (Å²) in [5, 5.41) is 16.0. The summed E-state index contributed by atoms with van der Waals surface area (Å²) in [6, 6.07) is 3.99. The number of non-ortho nitro benzene ring substituents is 1. The lowest BCUT2D eigenvalue weighted by molar-refractivity contribution is -0.384. The van der Waals surface area contributed by atoms with Gasteiger partial charge in [0.05, 0.1) is 17.7 Å². The molecule has 0 spiro atoms. The molecule has 1 heterocycles. The Morgan fingerprint density at radius 2 is 2.27 bits per heavy atom. The number of benzene rings is 1. The maximum absolute atomic E-state index is 12.3. The lowest BCUT2D eigenvalue weighted by Gasteiger charge is -2.11. The van der Waals surface area contributed by atoms with Gasteiger partial charge in [-0.1, -0.05) is 18.7 Å². The number of ether oxygens (including phenoxy) is 1. The van der Waals surface area contributed by atoms with Crippen LogP contribution in [0.1, 0.15) is 26.7 Å². The SMILES string of the molecule is CC[C@@H](C)N=C1NC(=O)[C@H](CC(=O)Nc2cc([N+](=O)[O-])ccc2OC)S1. The molecule has 1 saturated heterocycles. The molecule has 2 atom stereocenters. The van der Waals surface area contributed by atoms with Gasteiger partial charge in [-0.3, -0.25) is 24.7 Å². The van der Waals surface area contributed by atoms with Gasteiger partial charge in [-0.25, -0.2) is 0 Å². The third-order valence-electron chi connectivity index (χ3n) is 3.74. The number of carbonyl (C=O) groups excluding carboxylic acids is 2. The molecule has 1 aromatic carbocycles. The van der Waals surface area contributed by atoms with E-state index in [-0.39, 0.29) is 29.7 Å². The van der Waals surface area contributed by atoms with Crippen LogP contribution in [-0.4, -0.2) is 40.3 Å². The number of methoxy groups -OCH3 is 1. The molecule has 0 bridgehead atoms. The van der Waals surface area contributed by atoms with E-state index in [9.17, 15) is 19.7 Å². The van der Waals surface area contributed by atoms with Crippen LogP contribution >= 0.6 is 11.8 Å². The summed E-state index contributed by atoms with van der Waals surface area (Å²) in [7, 11) is 1.40. The number of anilines is 1. The zero-order chi connectivity index (χ0) is 19.3. The molecule has 1 aliphatic rings. The van der Waals surface area contributed by atoms with Crippen LogP contribution in [0.4, 0.5) is 11.4 Å². The first-order chi connectivity index (χ1) is 12.3. The Labute approximate surface area is 154 Å². The second kappa shape index (κ2) is 8.65. The van der Waals surface area contributed by atoms with Gasteiger partial charge in [-0.05, 0) is 19.4 Å². The predicted octanol–water partition coefficient (Wildman–Crippen LogP) is 2.32. The minimum Gasteiger partial charge on any atom is -0.495 e. The number of aliphatic imine (C=N–C) groups is 1. The molecule has 1 fully saturated rings. The van der Waals surface area contributed by atoms with E-state index in [1.165, 1.54) is 37.1 Å². The van der Waals surface area contributed by atoms with Crippen molar-refractivity contribution in [1.29, 1.82) is 0 Å². The van der Waals surface area contributed by atoms with Gasteiger partial charge in [0.1, 0.15) is 11.0 Å². The van der Waals surface area contributed by atoms with E-state index in [4.69, 9.17) is 4.74 Å². The molecule has 1 aromatic rings. The van der Waals surface area contributed by atoms with Crippen molar-refractivity contribution in [2.75, 3.05) is 12.4 Å². The Morgan fingerprint density at radius 3 is 2.88 bits per heavy atom. The largest absolute Gasteiger partial charge is 0.495 e. The van der Waals surface area contributed by atoms with E-state index in [0.29, 0.717) is 10.9 Å². The quantitative estimate of drug-likeness (QED) is 0.553. The fourth-order valence-electron chi connectivity index (χ4n) is 2.17. The number of hydrogen-bond donors (Lipinski definition) is 2. The second-order valence-corrected chi connectivity index (χ2v) is 6.87. The van der Waals surface area contributed by atoms with E-state index in [1.54, 1.807) is 0 Å². The zero-order valence-electron chi connectivity index (χ0n) is 14.6. The van der Waals surface area contributed by atoms with Gasteiger partial charge in [0.25, 0.3) is 5.69 Å². The molecule has 1 aliphatic heterocycles. The van der Waals surface area contributed by atoms with Crippen LogP contribution in [0, 0.1) is 10.1 Å². The summed E-state index contributed by atoms with van der Waals surface area (Å²) in [5.41, 5.74) is 0.0145. The number of amidine groups is 1. The van der Waals surface area contributed by atoms with Crippen LogP contribution < -0.4 is 15.4 Å². The van der Waals surface area contributed by atoms with Crippen LogP contribution in [0.5, 0.6) is 5.75 Å². The number of nitrogens with one attached hydrogen (secondary N) is 2. The van der Waals surface area contributed by atoms with Gasteiger partial charge in [0.2, 0.25) is 11.8 Å². The van der Waals surface area contributed by atoms with Crippen molar-refractivity contribution >= 4 is 40.1 Å². The van der Waals surface area contributed by atoms with Crippen molar-refractivity contribution in [3.8, 4) is 5.75 Å². The highest BCUT2D eigenvalue weighted by Gasteiger charge is 2.32. The maximum atomic E-state index is 12.3. The highest BCUT2D eigenvalue weighted by atomic mass is 32.2. The maximum Gasteiger partial charge on any atom is 0.271 e. The van der Waals surface area contributed by atoms with Crippen molar-refractivity contribution in [3.63, 3.8) is 0 Å². The third-order valence-corrected chi connectivity index (χ3v) is 4.84. The Hall–Kier alpha value is -2.62. The first-order valence-corrected chi connectivity index (χ1v) is 8.89. The lowest BCUT2D eigenvalue weighted by Crippen LogP contribution is -2.28. The molecule has 0 saturated carbocycles. The lowest BCUT2D eigenvalue weighted by atomic mass is 10.2. The summed E-state index contributed by atoms with van der Waals surface area (Å²) in [5.74, 6) is -0.425. The molecule has 0 radical (unpaired) electrons. The molecule has 2 rings (SSSR count). The summed E-state index contributed by atoms with van der Waals surface area (Å²) >= 11 is 1.21. The topological polar surface area (TPSA) is 123 Å². The van der Waals surface area contributed by atoms with Crippen molar-refractivity contribution in [2.45, 2.75) is 38.0 Å². The van der Waals surface area contributed by atoms with Gasteiger partial charge >= 0.3 is 0 Å². The Morgan fingerprint density at radius 1 is 1.54 bits per heavy atom. The highest BCUT2D eigenvalue weighted by molar-refractivity contribution is 8.15. The molecule has 10 heteroatoms. The molecule has 0 aliphatic carbocycles. The Balaban J connectivity index is 2.05. The second-order valence-electron chi connectivity index (χ2n) is 5.68. The van der Waals surface area contributed by atoms with E-state index in [1.807, 2.05) is 13.8 Å². The molecule has 2 amide bonds. The Bertz CT molecular complexity index is 752. The standard InChI is InChI=1S/C16H20N4O5S/c1-4-9(2)17-16-19-15(22)13(26-16)8-14(21)18-11-7-10(20(23)24)5-6-12(11)25-3/h5-7,9,13H,4,8H2,1-3H3,(H,18,21)(H,17,19,22)/t9-,13+/m1/s1. The molecular formula is C16H20N4O5S. The molecule has 2 N–H and O–H groups in total. The fraction of sp³-hybridized carbons (Fsp3) is 0.438. The van der Waals surface area contributed by atoms with Gasteiger partial charge in [-0.15, -0.1) is 0 Å². The fourth-order valence-corrected chi connectivity index (χ4v) is 3.24. The normalized spacial score (nSPS) is 19.1. The molecule has 140 valence electrons. The summed E-state index contributed by atoms with van der Waals surface area (Å²) in [6.45, 7) is 3.93.